The van der Waals surface area contributed by atoms with Gasteiger partial charge in [0.15, 0.2) is 0 Å². The molecule has 1 unspecified atom stereocenters. The van der Waals surface area contributed by atoms with E-state index in [0.29, 0.717) is 18.9 Å². The van der Waals surface area contributed by atoms with Crippen LogP contribution in [0.1, 0.15) is 39.0 Å². The van der Waals surface area contributed by atoms with Crippen molar-refractivity contribution in [3.63, 3.8) is 0 Å². The number of nitrogens with zero attached hydrogens (tertiary/aromatic N) is 1. The summed E-state index contributed by atoms with van der Waals surface area (Å²) in [6.45, 7) is 1.40. The highest BCUT2D eigenvalue weighted by Gasteiger charge is 2.34. The lowest BCUT2D eigenvalue weighted by Crippen LogP contribution is -2.45. The van der Waals surface area contributed by atoms with Crippen LogP contribution in [0.5, 0.6) is 0 Å². The summed E-state index contributed by atoms with van der Waals surface area (Å²) < 4.78 is 53.6. The van der Waals surface area contributed by atoms with Gasteiger partial charge in [0.25, 0.3) is 0 Å². The average molecular weight is 333 g/mol. The normalized spacial score (nSPS) is 18.6. The summed E-state index contributed by atoms with van der Waals surface area (Å²) in [4.78, 5) is -0.542. The molecule has 4 nitrogen and oxygen atoms in total. The number of sulfonamides is 1. The van der Waals surface area contributed by atoms with E-state index in [0.717, 1.165) is 31.4 Å². The molecule has 1 aromatic carbocycles. The van der Waals surface area contributed by atoms with Gasteiger partial charge >= 0.3 is 0 Å². The van der Waals surface area contributed by atoms with E-state index in [9.17, 15) is 22.3 Å². The molecule has 1 saturated carbocycles. The molecular weight excluding hydrogens is 312 g/mol. The third-order valence-electron chi connectivity index (χ3n) is 3.91. The van der Waals surface area contributed by atoms with Crippen molar-refractivity contribution in [1.82, 2.24) is 4.31 Å². The SMILES string of the molecule is CC(O)CN(C1CCCCC1)S(=O)(=O)c1ccc(F)cc1F. The molecule has 0 aliphatic heterocycles. The van der Waals surface area contributed by atoms with Crippen molar-refractivity contribution in [3.05, 3.63) is 29.8 Å². The van der Waals surface area contributed by atoms with Crippen molar-refractivity contribution in [2.75, 3.05) is 6.54 Å². The van der Waals surface area contributed by atoms with Crippen molar-refractivity contribution >= 4 is 10.0 Å². The molecule has 1 aliphatic carbocycles. The number of hydrogen-bond donors (Lipinski definition) is 1. The lowest BCUT2D eigenvalue weighted by atomic mass is 9.95. The average Bonchev–Trinajstić information content (AvgIpc) is 2.45. The van der Waals surface area contributed by atoms with Gasteiger partial charge in [-0.1, -0.05) is 19.3 Å². The Kier molecular flexibility index (Phi) is 5.52. The third-order valence-corrected chi connectivity index (χ3v) is 5.86. The van der Waals surface area contributed by atoms with Crippen LogP contribution in [-0.4, -0.2) is 36.5 Å². The second kappa shape index (κ2) is 7.02. The van der Waals surface area contributed by atoms with E-state index in [2.05, 4.69) is 0 Å². The van der Waals surface area contributed by atoms with Gasteiger partial charge < -0.3 is 5.11 Å². The molecule has 0 radical (unpaired) electrons. The van der Waals surface area contributed by atoms with Crippen LogP contribution in [0.3, 0.4) is 0 Å². The van der Waals surface area contributed by atoms with Crippen LogP contribution in [-0.2, 0) is 10.0 Å². The molecule has 2 rings (SSSR count). The van der Waals surface area contributed by atoms with Crippen LogP contribution in [0.4, 0.5) is 8.78 Å². The number of rotatable bonds is 5. The van der Waals surface area contributed by atoms with E-state index in [-0.39, 0.29) is 12.6 Å². The maximum absolute atomic E-state index is 13.9. The van der Waals surface area contributed by atoms with Crippen molar-refractivity contribution in [2.45, 2.75) is 56.1 Å². The Bertz CT molecular complexity index is 613. The fourth-order valence-electron chi connectivity index (χ4n) is 2.88. The molecule has 1 N–H and O–H groups in total. The Morgan fingerprint density at radius 2 is 1.91 bits per heavy atom. The topological polar surface area (TPSA) is 57.6 Å². The number of halogens is 2. The Hall–Kier alpha value is -1.05. The molecule has 0 spiro atoms. The molecule has 1 aromatic rings. The summed E-state index contributed by atoms with van der Waals surface area (Å²) in [5.74, 6) is -1.93. The van der Waals surface area contributed by atoms with Gasteiger partial charge in [-0.15, -0.1) is 0 Å². The second-order valence-corrected chi connectivity index (χ2v) is 7.65. The maximum Gasteiger partial charge on any atom is 0.246 e. The Balaban J connectivity index is 2.39. The van der Waals surface area contributed by atoms with E-state index in [1.807, 2.05) is 0 Å². The second-order valence-electron chi connectivity index (χ2n) is 5.79. The molecule has 1 fully saturated rings. The minimum Gasteiger partial charge on any atom is -0.392 e. The summed E-state index contributed by atoms with van der Waals surface area (Å²) in [6, 6.07) is 2.18. The highest BCUT2D eigenvalue weighted by atomic mass is 32.2. The van der Waals surface area contributed by atoms with Gasteiger partial charge in [-0.05, 0) is 31.9 Å². The summed E-state index contributed by atoms with van der Waals surface area (Å²) in [5, 5.41) is 9.62. The summed E-state index contributed by atoms with van der Waals surface area (Å²) >= 11 is 0. The zero-order valence-electron chi connectivity index (χ0n) is 12.5. The summed E-state index contributed by atoms with van der Waals surface area (Å²) in [6.07, 6.45) is 3.37. The van der Waals surface area contributed by atoms with Crippen LogP contribution in [0.2, 0.25) is 0 Å². The molecular formula is C15H21F2NO3S. The largest absolute Gasteiger partial charge is 0.392 e. The fraction of sp³-hybridized carbons (Fsp3) is 0.600. The monoisotopic (exact) mass is 333 g/mol. The number of aliphatic hydroxyl groups is 1. The maximum atomic E-state index is 13.9. The van der Waals surface area contributed by atoms with Crippen LogP contribution >= 0.6 is 0 Å². The van der Waals surface area contributed by atoms with Gasteiger partial charge in [0, 0.05) is 18.7 Å². The first kappa shape index (κ1) is 17.3. The smallest absolute Gasteiger partial charge is 0.246 e. The van der Waals surface area contributed by atoms with E-state index < -0.39 is 32.7 Å². The quantitative estimate of drug-likeness (QED) is 0.901. The van der Waals surface area contributed by atoms with Crippen molar-refractivity contribution in [2.24, 2.45) is 0 Å². The van der Waals surface area contributed by atoms with Crippen LogP contribution in [0.15, 0.2) is 23.1 Å². The van der Waals surface area contributed by atoms with E-state index in [1.165, 1.54) is 11.2 Å². The number of hydrogen-bond acceptors (Lipinski definition) is 3. The van der Waals surface area contributed by atoms with E-state index in [1.54, 1.807) is 0 Å². The molecule has 22 heavy (non-hydrogen) atoms. The zero-order valence-corrected chi connectivity index (χ0v) is 13.3. The molecule has 0 bridgehead atoms. The van der Waals surface area contributed by atoms with Gasteiger partial charge in [-0.2, -0.15) is 4.31 Å². The van der Waals surface area contributed by atoms with Crippen molar-refractivity contribution in [1.29, 1.82) is 0 Å². The van der Waals surface area contributed by atoms with Gasteiger partial charge in [0.2, 0.25) is 10.0 Å². The molecule has 0 amide bonds. The fourth-order valence-corrected chi connectivity index (χ4v) is 4.70. The third kappa shape index (κ3) is 3.83. The molecule has 1 aliphatic rings. The highest BCUT2D eigenvalue weighted by Crippen LogP contribution is 2.29. The molecule has 0 heterocycles. The predicted octanol–water partition coefficient (Wildman–Crippen LogP) is 2.67. The molecule has 0 aromatic heterocycles. The molecule has 0 saturated heterocycles. The predicted molar refractivity (Wildman–Crippen MR) is 78.8 cm³/mol. The zero-order chi connectivity index (χ0) is 16.3. The standard InChI is InChI=1S/C15H21F2NO3S/c1-11(19)10-18(13-5-3-2-4-6-13)22(20,21)15-8-7-12(16)9-14(15)17/h7-9,11,13,19H,2-6,10H2,1H3. The lowest BCUT2D eigenvalue weighted by molar-refractivity contribution is 0.136. The first-order chi connectivity index (χ1) is 10.3. The van der Waals surface area contributed by atoms with E-state index >= 15 is 0 Å². The molecule has 1 atom stereocenters. The van der Waals surface area contributed by atoms with Crippen LogP contribution in [0, 0.1) is 11.6 Å². The van der Waals surface area contributed by atoms with E-state index in [4.69, 9.17) is 0 Å². The molecule has 124 valence electrons. The minimum absolute atomic E-state index is 0.0934. The van der Waals surface area contributed by atoms with Crippen LogP contribution < -0.4 is 0 Å². The van der Waals surface area contributed by atoms with Crippen molar-refractivity contribution < 1.29 is 22.3 Å². The Labute approximate surface area is 129 Å². The van der Waals surface area contributed by atoms with Gasteiger partial charge in [-0.3, -0.25) is 0 Å². The Morgan fingerprint density at radius 3 is 2.45 bits per heavy atom. The first-order valence-electron chi connectivity index (χ1n) is 7.47. The van der Waals surface area contributed by atoms with Gasteiger partial charge in [0.05, 0.1) is 6.10 Å². The van der Waals surface area contributed by atoms with Crippen molar-refractivity contribution in [3.8, 4) is 0 Å². The molecule has 7 heteroatoms. The Morgan fingerprint density at radius 1 is 1.27 bits per heavy atom. The van der Waals surface area contributed by atoms with Gasteiger partial charge in [0.1, 0.15) is 16.5 Å². The summed E-state index contributed by atoms with van der Waals surface area (Å²) in [5.41, 5.74) is 0. The van der Waals surface area contributed by atoms with Gasteiger partial charge in [-0.25, -0.2) is 17.2 Å². The highest BCUT2D eigenvalue weighted by molar-refractivity contribution is 7.89. The number of benzene rings is 1. The summed E-state index contributed by atoms with van der Waals surface area (Å²) in [7, 11) is -4.11. The lowest BCUT2D eigenvalue weighted by Gasteiger charge is -2.34. The number of aliphatic hydroxyl groups excluding tert-OH is 1. The minimum atomic E-state index is -4.11. The first-order valence-corrected chi connectivity index (χ1v) is 8.91. The van der Waals surface area contributed by atoms with Crippen LogP contribution in [0.25, 0.3) is 0 Å².